The van der Waals surface area contributed by atoms with E-state index < -0.39 is 0 Å². The Morgan fingerprint density at radius 3 is 2.76 bits per heavy atom. The summed E-state index contributed by atoms with van der Waals surface area (Å²) < 4.78 is 0. The molecule has 17 heavy (non-hydrogen) atoms. The molecule has 0 atom stereocenters. The molecule has 0 radical (unpaired) electrons. The Morgan fingerprint density at radius 1 is 1.41 bits per heavy atom. The zero-order valence-electron chi connectivity index (χ0n) is 10.1. The first-order valence-electron chi connectivity index (χ1n) is 5.59. The largest absolute Gasteiger partial charge is 0.345 e. The second-order valence-electron chi connectivity index (χ2n) is 4.16. The van der Waals surface area contributed by atoms with Gasteiger partial charge in [0.15, 0.2) is 0 Å². The highest BCUT2D eigenvalue weighted by molar-refractivity contribution is 6.31. The summed E-state index contributed by atoms with van der Waals surface area (Å²) in [6.07, 6.45) is 0.535. The van der Waals surface area contributed by atoms with Gasteiger partial charge in [-0.1, -0.05) is 49.4 Å². The van der Waals surface area contributed by atoms with Crippen molar-refractivity contribution in [2.45, 2.75) is 20.3 Å². The van der Waals surface area contributed by atoms with E-state index in [0.29, 0.717) is 23.9 Å². The van der Waals surface area contributed by atoms with Gasteiger partial charge in [-0.15, -0.1) is 0 Å². The molecule has 0 heterocycles. The van der Waals surface area contributed by atoms with E-state index in [9.17, 15) is 4.79 Å². The first kappa shape index (κ1) is 13.6. The molecular formula is C14H16ClNO. The van der Waals surface area contributed by atoms with E-state index in [0.717, 1.165) is 5.56 Å². The summed E-state index contributed by atoms with van der Waals surface area (Å²) in [7, 11) is 0. The Morgan fingerprint density at radius 2 is 2.12 bits per heavy atom. The molecule has 0 spiro atoms. The monoisotopic (exact) mass is 249 g/mol. The molecule has 3 heteroatoms. The van der Waals surface area contributed by atoms with Crippen LogP contribution in [0.5, 0.6) is 0 Å². The van der Waals surface area contributed by atoms with Crippen LogP contribution in [0, 0.1) is 17.8 Å². The molecule has 0 saturated heterocycles. The summed E-state index contributed by atoms with van der Waals surface area (Å²) in [6, 6.07) is 7.39. The molecule has 1 aromatic carbocycles. The lowest BCUT2D eigenvalue weighted by Gasteiger charge is -2.03. The van der Waals surface area contributed by atoms with E-state index in [1.165, 1.54) is 0 Å². The zero-order valence-corrected chi connectivity index (χ0v) is 10.8. The van der Waals surface area contributed by atoms with Crippen LogP contribution in [0.2, 0.25) is 5.02 Å². The Balaban J connectivity index is 2.42. The summed E-state index contributed by atoms with van der Waals surface area (Å²) in [6.45, 7) is 4.38. The lowest BCUT2D eigenvalue weighted by atomic mass is 10.1. The highest BCUT2D eigenvalue weighted by Gasteiger charge is 2.02. The molecule has 0 unspecified atom stereocenters. The summed E-state index contributed by atoms with van der Waals surface area (Å²) in [5, 5.41) is 3.38. The van der Waals surface area contributed by atoms with Gasteiger partial charge in [-0.05, 0) is 18.1 Å². The fourth-order valence-electron chi connectivity index (χ4n) is 1.29. The predicted octanol–water partition coefficient (Wildman–Crippen LogP) is 2.85. The van der Waals surface area contributed by atoms with E-state index in [2.05, 4.69) is 17.2 Å². The third-order valence-electron chi connectivity index (χ3n) is 2.06. The van der Waals surface area contributed by atoms with Crippen LogP contribution >= 0.6 is 11.6 Å². The van der Waals surface area contributed by atoms with E-state index in [4.69, 9.17) is 11.6 Å². The number of amides is 1. The van der Waals surface area contributed by atoms with Crippen molar-refractivity contribution in [1.29, 1.82) is 0 Å². The molecule has 0 aliphatic rings. The highest BCUT2D eigenvalue weighted by atomic mass is 35.5. The zero-order chi connectivity index (χ0) is 12.7. The average molecular weight is 250 g/mol. The smallest absolute Gasteiger partial charge is 0.221 e. The van der Waals surface area contributed by atoms with Crippen molar-refractivity contribution in [2.75, 3.05) is 6.54 Å². The minimum Gasteiger partial charge on any atom is -0.345 e. The number of carbonyl (C=O) groups is 1. The van der Waals surface area contributed by atoms with Gasteiger partial charge < -0.3 is 5.32 Å². The van der Waals surface area contributed by atoms with E-state index >= 15 is 0 Å². The van der Waals surface area contributed by atoms with Gasteiger partial charge in [-0.3, -0.25) is 4.79 Å². The van der Waals surface area contributed by atoms with Gasteiger partial charge in [-0.25, -0.2) is 0 Å². The molecule has 1 amide bonds. The maximum atomic E-state index is 11.3. The summed E-state index contributed by atoms with van der Waals surface area (Å²) in [5.74, 6) is 6.21. The van der Waals surface area contributed by atoms with Crippen molar-refractivity contribution in [3.63, 3.8) is 0 Å². The van der Waals surface area contributed by atoms with Crippen LogP contribution in [0.25, 0.3) is 0 Å². The summed E-state index contributed by atoms with van der Waals surface area (Å²) >= 11 is 5.94. The third-order valence-corrected chi connectivity index (χ3v) is 2.39. The van der Waals surface area contributed by atoms with E-state index in [-0.39, 0.29) is 5.91 Å². The van der Waals surface area contributed by atoms with Crippen LogP contribution in [0.3, 0.4) is 0 Å². The number of halogens is 1. The van der Waals surface area contributed by atoms with Gasteiger partial charge >= 0.3 is 0 Å². The Hall–Kier alpha value is -1.46. The average Bonchev–Trinajstić information content (AvgIpc) is 2.25. The topological polar surface area (TPSA) is 29.1 Å². The van der Waals surface area contributed by atoms with Crippen LogP contribution in [0.1, 0.15) is 25.8 Å². The normalized spacial score (nSPS) is 9.65. The van der Waals surface area contributed by atoms with Gasteiger partial charge in [0.05, 0.1) is 11.6 Å². The number of carbonyl (C=O) groups excluding carboxylic acids is 1. The number of benzene rings is 1. The molecule has 1 N–H and O–H groups in total. The fraction of sp³-hybridized carbons (Fsp3) is 0.357. The molecule has 0 aliphatic carbocycles. The van der Waals surface area contributed by atoms with Gasteiger partial charge in [0.2, 0.25) is 5.91 Å². The lowest BCUT2D eigenvalue weighted by molar-refractivity contribution is -0.121. The van der Waals surface area contributed by atoms with Crippen molar-refractivity contribution >= 4 is 17.5 Å². The van der Waals surface area contributed by atoms with Gasteiger partial charge in [-0.2, -0.15) is 0 Å². The summed E-state index contributed by atoms with van der Waals surface area (Å²) in [5.41, 5.74) is 0.785. The number of hydrogen-bond acceptors (Lipinski definition) is 1. The van der Waals surface area contributed by atoms with Gasteiger partial charge in [0, 0.05) is 12.0 Å². The number of nitrogens with one attached hydrogen (secondary N) is 1. The van der Waals surface area contributed by atoms with Crippen LogP contribution in [0.15, 0.2) is 24.3 Å². The van der Waals surface area contributed by atoms with Gasteiger partial charge in [0.1, 0.15) is 0 Å². The maximum absolute atomic E-state index is 11.3. The quantitative estimate of drug-likeness (QED) is 0.820. The highest BCUT2D eigenvalue weighted by Crippen LogP contribution is 2.12. The van der Waals surface area contributed by atoms with Crippen LogP contribution in [0.4, 0.5) is 0 Å². The van der Waals surface area contributed by atoms with Crippen LogP contribution in [-0.2, 0) is 4.79 Å². The van der Waals surface area contributed by atoms with Crippen LogP contribution < -0.4 is 5.32 Å². The van der Waals surface area contributed by atoms with Crippen molar-refractivity contribution in [1.82, 2.24) is 5.32 Å². The first-order chi connectivity index (χ1) is 8.09. The van der Waals surface area contributed by atoms with Crippen molar-refractivity contribution in [3.05, 3.63) is 34.9 Å². The Labute approximate surface area is 107 Å². The SMILES string of the molecule is CC(C)CC(=O)NCC#Cc1ccccc1Cl. The molecule has 0 aliphatic heterocycles. The first-order valence-corrected chi connectivity index (χ1v) is 5.97. The molecule has 0 fully saturated rings. The predicted molar refractivity (Wildman–Crippen MR) is 70.8 cm³/mol. The molecule has 1 rings (SSSR count). The minimum atomic E-state index is 0.0356. The second kappa shape index (κ2) is 6.98. The standard InChI is InChI=1S/C14H16ClNO/c1-11(2)10-14(17)16-9-5-7-12-6-3-4-8-13(12)15/h3-4,6,8,11H,9-10H2,1-2H3,(H,16,17). The molecule has 90 valence electrons. The van der Waals surface area contributed by atoms with Gasteiger partial charge in [0.25, 0.3) is 0 Å². The Bertz CT molecular complexity index is 443. The molecule has 1 aromatic rings. The summed E-state index contributed by atoms with van der Waals surface area (Å²) in [4.78, 5) is 11.3. The molecule has 0 bridgehead atoms. The number of rotatable bonds is 3. The fourth-order valence-corrected chi connectivity index (χ4v) is 1.47. The molecule has 2 nitrogen and oxygen atoms in total. The van der Waals surface area contributed by atoms with Crippen LogP contribution in [-0.4, -0.2) is 12.5 Å². The second-order valence-corrected chi connectivity index (χ2v) is 4.56. The van der Waals surface area contributed by atoms with Crippen molar-refractivity contribution in [2.24, 2.45) is 5.92 Å². The third kappa shape index (κ3) is 5.42. The van der Waals surface area contributed by atoms with Crippen molar-refractivity contribution < 1.29 is 4.79 Å². The molecular weight excluding hydrogens is 234 g/mol. The Kier molecular flexibility index (Phi) is 5.59. The van der Waals surface area contributed by atoms with Crippen molar-refractivity contribution in [3.8, 4) is 11.8 Å². The maximum Gasteiger partial charge on any atom is 0.221 e. The number of hydrogen-bond donors (Lipinski definition) is 1. The lowest BCUT2D eigenvalue weighted by Crippen LogP contribution is -2.24. The van der Waals surface area contributed by atoms with E-state index in [1.54, 1.807) is 6.07 Å². The van der Waals surface area contributed by atoms with E-state index in [1.807, 2.05) is 32.0 Å². The molecule has 0 saturated carbocycles. The molecule has 0 aromatic heterocycles. The minimum absolute atomic E-state index is 0.0356.